The Labute approximate surface area is 206 Å². The molecule has 0 fully saturated rings. The maximum Gasteiger partial charge on any atom is 0.573 e. The van der Waals surface area contributed by atoms with Gasteiger partial charge in [-0.15, -0.1) is 13.2 Å². The van der Waals surface area contributed by atoms with Crippen LogP contribution < -0.4 is 14.4 Å². The van der Waals surface area contributed by atoms with E-state index < -0.39 is 16.4 Å². The van der Waals surface area contributed by atoms with Crippen molar-refractivity contribution in [2.45, 2.75) is 26.1 Å². The first-order chi connectivity index (χ1) is 17.0. The fraction of sp³-hybridized carbons (Fsp3) is 0.240. The fourth-order valence-electron chi connectivity index (χ4n) is 4.02. The Morgan fingerprint density at radius 3 is 2.39 bits per heavy atom. The first-order valence-electron chi connectivity index (χ1n) is 11.1. The second-order valence-electron chi connectivity index (χ2n) is 8.27. The van der Waals surface area contributed by atoms with Gasteiger partial charge in [0, 0.05) is 17.8 Å². The summed E-state index contributed by atoms with van der Waals surface area (Å²) in [6, 6.07) is 15.0. The number of sulfonamides is 1. The van der Waals surface area contributed by atoms with Crippen molar-refractivity contribution >= 4 is 27.3 Å². The number of carbonyl (C=O) groups is 1. The van der Waals surface area contributed by atoms with E-state index in [2.05, 4.69) is 9.46 Å². The lowest BCUT2D eigenvalue weighted by Crippen LogP contribution is -2.37. The molecule has 0 spiro atoms. The normalized spacial score (nSPS) is 13.9. The number of carbonyl (C=O) groups excluding carboxylic acids is 1. The van der Waals surface area contributed by atoms with Crippen LogP contribution >= 0.6 is 0 Å². The Balaban J connectivity index is 1.56. The number of ether oxygens (including phenoxy) is 1. The lowest BCUT2D eigenvalue weighted by molar-refractivity contribution is -0.274. The number of anilines is 2. The molecule has 1 aliphatic heterocycles. The average Bonchev–Trinajstić information content (AvgIpc) is 2.80. The number of amides is 1. The molecular formula is C25H23F3N2O5S. The summed E-state index contributed by atoms with van der Waals surface area (Å²) in [5.74, 6) is -0.961. The summed E-state index contributed by atoms with van der Waals surface area (Å²) in [5, 5.41) is 10.1. The smallest absolute Gasteiger partial charge is 0.506 e. The number of fused-ring (bicyclic) bond motifs is 1. The lowest BCUT2D eigenvalue weighted by atomic mass is 9.93. The molecule has 0 atom stereocenters. The van der Waals surface area contributed by atoms with Crippen molar-refractivity contribution in [2.24, 2.45) is 0 Å². The third-order valence-electron chi connectivity index (χ3n) is 5.64. The van der Waals surface area contributed by atoms with E-state index in [-0.39, 0.29) is 28.8 Å². The topological polar surface area (TPSA) is 95.9 Å². The summed E-state index contributed by atoms with van der Waals surface area (Å²) in [5.41, 5.74) is 3.08. The highest BCUT2D eigenvalue weighted by atomic mass is 32.2. The summed E-state index contributed by atoms with van der Waals surface area (Å²) in [6.07, 6.45) is -3.86. The van der Waals surface area contributed by atoms with Crippen LogP contribution in [0.3, 0.4) is 0 Å². The summed E-state index contributed by atoms with van der Waals surface area (Å²) >= 11 is 0. The minimum Gasteiger partial charge on any atom is -0.506 e. The van der Waals surface area contributed by atoms with E-state index in [1.807, 2.05) is 6.07 Å². The molecule has 3 aromatic carbocycles. The van der Waals surface area contributed by atoms with Crippen LogP contribution in [0.25, 0.3) is 11.1 Å². The number of alkyl halides is 3. The van der Waals surface area contributed by atoms with Crippen molar-refractivity contribution in [3.8, 4) is 22.6 Å². The van der Waals surface area contributed by atoms with Crippen LogP contribution in [0.2, 0.25) is 0 Å². The first kappa shape index (κ1) is 25.4. The molecule has 1 amide bonds. The highest BCUT2D eigenvalue weighted by Gasteiger charge is 2.31. The number of phenolic OH excluding ortho intramolecular Hbond substituents is 1. The van der Waals surface area contributed by atoms with Gasteiger partial charge < -0.3 is 14.7 Å². The molecule has 0 saturated carbocycles. The Kier molecular flexibility index (Phi) is 6.85. The molecule has 1 aliphatic rings. The predicted octanol–water partition coefficient (Wildman–Crippen LogP) is 5.31. The van der Waals surface area contributed by atoms with Gasteiger partial charge in [0.1, 0.15) is 11.5 Å². The van der Waals surface area contributed by atoms with Gasteiger partial charge in [0.15, 0.2) is 0 Å². The number of rotatable bonds is 7. The molecule has 3 aromatic rings. The van der Waals surface area contributed by atoms with Gasteiger partial charge in [0.05, 0.1) is 11.4 Å². The van der Waals surface area contributed by atoms with Crippen LogP contribution in [0.5, 0.6) is 11.5 Å². The van der Waals surface area contributed by atoms with E-state index in [1.165, 1.54) is 47.4 Å². The van der Waals surface area contributed by atoms with Crippen molar-refractivity contribution < 1.29 is 36.2 Å². The largest absolute Gasteiger partial charge is 0.573 e. The van der Waals surface area contributed by atoms with Crippen molar-refractivity contribution in [3.63, 3.8) is 0 Å². The van der Waals surface area contributed by atoms with Crippen molar-refractivity contribution in [3.05, 3.63) is 71.8 Å². The molecular weight excluding hydrogens is 497 g/mol. The number of phenols is 1. The molecule has 0 radical (unpaired) electrons. The third-order valence-corrected chi connectivity index (χ3v) is 7.11. The predicted molar refractivity (Wildman–Crippen MR) is 130 cm³/mol. The number of hydrogen-bond acceptors (Lipinski definition) is 5. The zero-order valence-corrected chi connectivity index (χ0v) is 20.0. The second-order valence-corrected chi connectivity index (χ2v) is 10.1. The summed E-state index contributed by atoms with van der Waals surface area (Å²) in [7, 11) is -3.64. The highest BCUT2D eigenvalue weighted by molar-refractivity contribution is 7.92. The van der Waals surface area contributed by atoms with E-state index in [4.69, 9.17) is 0 Å². The molecule has 1 heterocycles. The van der Waals surface area contributed by atoms with E-state index in [0.717, 1.165) is 11.1 Å². The van der Waals surface area contributed by atoms with E-state index >= 15 is 0 Å². The van der Waals surface area contributed by atoms with Gasteiger partial charge in [-0.2, -0.15) is 0 Å². The molecule has 190 valence electrons. The minimum atomic E-state index is -4.77. The van der Waals surface area contributed by atoms with Crippen LogP contribution in [0.1, 0.15) is 29.3 Å². The van der Waals surface area contributed by atoms with Crippen LogP contribution in [0.4, 0.5) is 24.5 Å². The number of hydrogen-bond donors (Lipinski definition) is 2. The Hall–Kier alpha value is -3.73. The Morgan fingerprint density at radius 2 is 1.72 bits per heavy atom. The standard InChI is InChI=1S/C25H23F3N2O5S/c1-2-13-36(33,34)29-22-15-19(6-10-23(22)31)30-12-11-18-14-17(5-9-21(18)24(30)32)16-3-7-20(8-4-16)35-25(26,27)28/h3-10,14-15,29,31H,2,11-13H2,1H3. The van der Waals surface area contributed by atoms with Gasteiger partial charge >= 0.3 is 6.36 Å². The average molecular weight is 521 g/mol. The molecule has 0 aromatic heterocycles. The van der Waals surface area contributed by atoms with Gasteiger partial charge in [0.25, 0.3) is 5.91 Å². The first-order valence-corrected chi connectivity index (χ1v) is 12.8. The molecule has 0 unspecified atom stereocenters. The molecule has 0 saturated heterocycles. The molecule has 2 N–H and O–H groups in total. The zero-order valence-electron chi connectivity index (χ0n) is 19.2. The number of nitrogens with zero attached hydrogens (tertiary/aromatic N) is 1. The molecule has 36 heavy (non-hydrogen) atoms. The molecule has 11 heteroatoms. The Morgan fingerprint density at radius 1 is 1.03 bits per heavy atom. The number of aromatic hydroxyl groups is 1. The maximum absolute atomic E-state index is 13.2. The van der Waals surface area contributed by atoms with Crippen molar-refractivity contribution in [2.75, 3.05) is 21.9 Å². The van der Waals surface area contributed by atoms with E-state index in [0.29, 0.717) is 36.2 Å². The van der Waals surface area contributed by atoms with Crippen molar-refractivity contribution in [1.82, 2.24) is 0 Å². The van der Waals surface area contributed by atoms with Gasteiger partial charge in [0.2, 0.25) is 10.0 Å². The molecule has 7 nitrogen and oxygen atoms in total. The SMILES string of the molecule is CCCS(=O)(=O)Nc1cc(N2CCc3cc(-c4ccc(OC(F)(F)F)cc4)ccc3C2=O)ccc1O. The Bertz CT molecular complexity index is 1390. The molecule has 0 bridgehead atoms. The van der Waals surface area contributed by atoms with Crippen LogP contribution in [0, 0.1) is 0 Å². The van der Waals surface area contributed by atoms with Crippen LogP contribution in [0.15, 0.2) is 60.7 Å². The lowest BCUT2D eigenvalue weighted by Gasteiger charge is -2.29. The number of halogens is 3. The van der Waals surface area contributed by atoms with E-state index in [1.54, 1.807) is 19.1 Å². The highest BCUT2D eigenvalue weighted by Crippen LogP contribution is 2.34. The monoisotopic (exact) mass is 520 g/mol. The second kappa shape index (κ2) is 9.73. The summed E-state index contributed by atoms with van der Waals surface area (Å²) in [6.45, 7) is 2.04. The summed E-state index contributed by atoms with van der Waals surface area (Å²) in [4.78, 5) is 14.7. The van der Waals surface area contributed by atoms with Crippen LogP contribution in [-0.2, 0) is 16.4 Å². The molecule has 0 aliphatic carbocycles. The van der Waals surface area contributed by atoms with E-state index in [9.17, 15) is 31.5 Å². The quantitative estimate of drug-likeness (QED) is 0.412. The maximum atomic E-state index is 13.2. The van der Waals surface area contributed by atoms with Gasteiger partial charge in [-0.25, -0.2) is 8.42 Å². The van der Waals surface area contributed by atoms with Gasteiger partial charge in [-0.1, -0.05) is 31.2 Å². The third kappa shape index (κ3) is 5.73. The zero-order chi connectivity index (χ0) is 26.1. The fourth-order valence-corrected chi connectivity index (χ4v) is 5.16. The van der Waals surface area contributed by atoms with Gasteiger partial charge in [-0.3, -0.25) is 9.52 Å². The summed E-state index contributed by atoms with van der Waals surface area (Å²) < 4.78 is 67.7. The van der Waals surface area contributed by atoms with Crippen molar-refractivity contribution in [1.29, 1.82) is 0 Å². The number of benzene rings is 3. The molecule has 4 rings (SSSR count). The van der Waals surface area contributed by atoms with Crippen LogP contribution in [-0.4, -0.2) is 38.1 Å². The van der Waals surface area contributed by atoms with Gasteiger partial charge in [-0.05, 0) is 65.9 Å². The number of nitrogens with one attached hydrogen (secondary N) is 1. The minimum absolute atomic E-state index is 0.00663.